The van der Waals surface area contributed by atoms with Crippen molar-refractivity contribution in [1.82, 2.24) is 0 Å². The van der Waals surface area contributed by atoms with Gasteiger partial charge in [-0.15, -0.1) is 0 Å². The number of ether oxygens (including phenoxy) is 1. The van der Waals surface area contributed by atoms with Gasteiger partial charge < -0.3 is 10.1 Å². The summed E-state index contributed by atoms with van der Waals surface area (Å²) in [6.45, 7) is 1.57. The molecule has 1 aliphatic rings. The SMILES string of the molecule is CC(C(=O)Nc1ccc(OC2CCCC2)cc1)N(c1ccccc1)S(C)(=O)=O. The van der Waals surface area contributed by atoms with Gasteiger partial charge in [-0.3, -0.25) is 9.10 Å². The van der Waals surface area contributed by atoms with Crippen molar-refractivity contribution in [2.75, 3.05) is 15.9 Å². The third-order valence-electron chi connectivity index (χ3n) is 4.83. The minimum absolute atomic E-state index is 0.273. The average Bonchev–Trinajstić information content (AvgIpc) is 3.16. The van der Waals surface area contributed by atoms with Gasteiger partial charge in [-0.05, 0) is 69.0 Å². The Morgan fingerprint density at radius 2 is 1.68 bits per heavy atom. The molecule has 1 N–H and O–H groups in total. The molecule has 3 rings (SSSR count). The van der Waals surface area contributed by atoms with Crippen molar-refractivity contribution in [3.8, 4) is 5.75 Å². The quantitative estimate of drug-likeness (QED) is 0.764. The van der Waals surface area contributed by atoms with Gasteiger partial charge in [0.05, 0.1) is 18.0 Å². The first kappa shape index (κ1) is 20.2. The monoisotopic (exact) mass is 402 g/mol. The number of rotatable bonds is 7. The zero-order chi connectivity index (χ0) is 20.1. The molecule has 1 amide bonds. The largest absolute Gasteiger partial charge is 0.490 e. The van der Waals surface area contributed by atoms with Gasteiger partial charge in [0.15, 0.2) is 0 Å². The number of benzene rings is 2. The zero-order valence-corrected chi connectivity index (χ0v) is 17.0. The maximum absolute atomic E-state index is 12.7. The van der Waals surface area contributed by atoms with Crippen LogP contribution < -0.4 is 14.4 Å². The molecule has 0 heterocycles. The third kappa shape index (κ3) is 5.04. The first-order valence-electron chi connectivity index (χ1n) is 9.46. The zero-order valence-electron chi connectivity index (χ0n) is 16.2. The van der Waals surface area contributed by atoms with E-state index in [1.54, 1.807) is 49.4 Å². The van der Waals surface area contributed by atoms with Crippen LogP contribution in [-0.4, -0.2) is 32.7 Å². The number of hydrogen-bond acceptors (Lipinski definition) is 4. The summed E-state index contributed by atoms with van der Waals surface area (Å²) in [7, 11) is -3.62. The molecule has 0 saturated heterocycles. The van der Waals surface area contributed by atoms with Gasteiger partial charge in [-0.2, -0.15) is 0 Å². The fourth-order valence-electron chi connectivity index (χ4n) is 3.45. The van der Waals surface area contributed by atoms with Crippen LogP contribution in [0, 0.1) is 0 Å². The number of nitrogens with one attached hydrogen (secondary N) is 1. The van der Waals surface area contributed by atoms with E-state index in [1.165, 1.54) is 12.8 Å². The van der Waals surface area contributed by atoms with Crippen molar-refractivity contribution in [3.63, 3.8) is 0 Å². The summed E-state index contributed by atoms with van der Waals surface area (Å²) in [5.74, 6) is 0.374. The van der Waals surface area contributed by atoms with E-state index in [0.29, 0.717) is 11.4 Å². The van der Waals surface area contributed by atoms with Crippen molar-refractivity contribution in [2.45, 2.75) is 44.8 Å². The number of para-hydroxylation sites is 1. The Labute approximate surface area is 166 Å². The number of carbonyl (C=O) groups excluding carboxylic acids is 1. The predicted molar refractivity (Wildman–Crippen MR) is 111 cm³/mol. The maximum atomic E-state index is 12.7. The van der Waals surface area contributed by atoms with E-state index in [9.17, 15) is 13.2 Å². The summed E-state index contributed by atoms with van der Waals surface area (Å²) in [5.41, 5.74) is 1.05. The molecule has 1 atom stereocenters. The first-order chi connectivity index (χ1) is 13.3. The minimum Gasteiger partial charge on any atom is -0.490 e. The molecule has 2 aromatic rings. The van der Waals surface area contributed by atoms with Crippen LogP contribution in [0.1, 0.15) is 32.6 Å². The summed E-state index contributed by atoms with van der Waals surface area (Å²) < 4.78 is 31.6. The standard InChI is InChI=1S/C21H26N2O4S/c1-16(23(28(2,25)26)18-8-4-3-5-9-18)21(24)22-17-12-14-20(15-13-17)27-19-10-6-7-11-19/h3-5,8-9,12-16,19H,6-7,10-11H2,1-2H3,(H,22,24). The second-order valence-electron chi connectivity index (χ2n) is 7.11. The average molecular weight is 403 g/mol. The molecule has 7 heteroatoms. The van der Waals surface area contributed by atoms with Crippen molar-refractivity contribution < 1.29 is 17.9 Å². The third-order valence-corrected chi connectivity index (χ3v) is 6.07. The molecule has 1 aliphatic carbocycles. The molecule has 0 spiro atoms. The minimum atomic E-state index is -3.62. The Morgan fingerprint density at radius 1 is 1.07 bits per heavy atom. The van der Waals surface area contributed by atoms with E-state index in [4.69, 9.17) is 4.74 Å². The van der Waals surface area contributed by atoms with Gasteiger partial charge in [0.1, 0.15) is 11.8 Å². The fraction of sp³-hybridized carbons (Fsp3) is 0.381. The van der Waals surface area contributed by atoms with Crippen molar-refractivity contribution in [1.29, 1.82) is 0 Å². The van der Waals surface area contributed by atoms with Crippen LogP contribution in [0.2, 0.25) is 0 Å². The van der Waals surface area contributed by atoms with Crippen molar-refractivity contribution in [3.05, 3.63) is 54.6 Å². The van der Waals surface area contributed by atoms with Crippen LogP contribution in [0.4, 0.5) is 11.4 Å². The number of amides is 1. The maximum Gasteiger partial charge on any atom is 0.247 e. The highest BCUT2D eigenvalue weighted by Crippen LogP contribution is 2.25. The van der Waals surface area contributed by atoms with Crippen LogP contribution in [0.3, 0.4) is 0 Å². The van der Waals surface area contributed by atoms with E-state index in [1.807, 2.05) is 12.1 Å². The number of anilines is 2. The molecule has 2 aromatic carbocycles. The van der Waals surface area contributed by atoms with Crippen LogP contribution in [0.25, 0.3) is 0 Å². The highest BCUT2D eigenvalue weighted by Gasteiger charge is 2.29. The van der Waals surface area contributed by atoms with E-state index < -0.39 is 22.0 Å². The van der Waals surface area contributed by atoms with Crippen molar-refractivity contribution >= 4 is 27.3 Å². The molecule has 0 radical (unpaired) electrons. The van der Waals surface area contributed by atoms with E-state index in [-0.39, 0.29) is 6.10 Å². The molecule has 28 heavy (non-hydrogen) atoms. The highest BCUT2D eigenvalue weighted by molar-refractivity contribution is 7.92. The van der Waals surface area contributed by atoms with E-state index in [2.05, 4.69) is 5.32 Å². The van der Waals surface area contributed by atoms with Crippen LogP contribution >= 0.6 is 0 Å². The fourth-order valence-corrected chi connectivity index (χ4v) is 4.62. The lowest BCUT2D eigenvalue weighted by atomic mass is 10.2. The summed E-state index contributed by atoms with van der Waals surface area (Å²) >= 11 is 0. The second kappa shape index (κ2) is 8.65. The number of carbonyl (C=O) groups is 1. The van der Waals surface area contributed by atoms with Crippen LogP contribution in [0.15, 0.2) is 54.6 Å². The van der Waals surface area contributed by atoms with E-state index in [0.717, 1.165) is 29.2 Å². The number of nitrogens with zero attached hydrogens (tertiary/aromatic N) is 1. The topological polar surface area (TPSA) is 75.7 Å². The number of sulfonamides is 1. The van der Waals surface area contributed by atoms with Gasteiger partial charge in [-0.1, -0.05) is 18.2 Å². The molecule has 0 aliphatic heterocycles. The Morgan fingerprint density at radius 3 is 2.25 bits per heavy atom. The Bertz CT molecular complexity index is 892. The van der Waals surface area contributed by atoms with Gasteiger partial charge in [0.25, 0.3) is 0 Å². The normalized spacial score (nSPS) is 15.8. The summed E-state index contributed by atoms with van der Waals surface area (Å²) in [5, 5.41) is 2.78. The number of hydrogen-bond donors (Lipinski definition) is 1. The molecule has 1 unspecified atom stereocenters. The van der Waals surface area contributed by atoms with Gasteiger partial charge in [-0.25, -0.2) is 8.42 Å². The first-order valence-corrected chi connectivity index (χ1v) is 11.3. The lowest BCUT2D eigenvalue weighted by Gasteiger charge is -2.28. The lowest BCUT2D eigenvalue weighted by Crippen LogP contribution is -2.45. The molecule has 0 bridgehead atoms. The van der Waals surface area contributed by atoms with Crippen molar-refractivity contribution in [2.24, 2.45) is 0 Å². The smallest absolute Gasteiger partial charge is 0.247 e. The van der Waals surface area contributed by atoms with Gasteiger partial charge >= 0.3 is 0 Å². The molecule has 6 nitrogen and oxygen atoms in total. The molecule has 0 aromatic heterocycles. The molecule has 1 saturated carbocycles. The van der Waals surface area contributed by atoms with E-state index >= 15 is 0 Å². The molecule has 1 fully saturated rings. The Hall–Kier alpha value is -2.54. The van der Waals surface area contributed by atoms with Crippen LogP contribution in [-0.2, 0) is 14.8 Å². The summed E-state index contributed by atoms with van der Waals surface area (Å²) in [6.07, 6.45) is 5.94. The molecular weight excluding hydrogens is 376 g/mol. The molecular formula is C21H26N2O4S. The summed E-state index contributed by atoms with van der Waals surface area (Å²) in [6, 6.07) is 14.9. The Kier molecular flexibility index (Phi) is 6.24. The molecule has 150 valence electrons. The van der Waals surface area contributed by atoms with Gasteiger partial charge in [0.2, 0.25) is 15.9 Å². The van der Waals surface area contributed by atoms with Crippen LogP contribution in [0.5, 0.6) is 5.75 Å². The van der Waals surface area contributed by atoms with Gasteiger partial charge in [0, 0.05) is 5.69 Å². The summed E-state index contributed by atoms with van der Waals surface area (Å²) in [4.78, 5) is 12.7. The predicted octanol–water partition coefficient (Wildman–Crippen LogP) is 3.80. The Balaban J connectivity index is 1.68. The lowest BCUT2D eigenvalue weighted by molar-refractivity contribution is -0.116. The highest BCUT2D eigenvalue weighted by atomic mass is 32.2. The second-order valence-corrected chi connectivity index (χ2v) is 8.97.